The maximum Gasteiger partial charge on any atom is 0.252 e. The number of aliphatic hydroxyl groups is 5. The first-order valence-electron chi connectivity index (χ1n) is 36.8. The first-order valence-corrected chi connectivity index (χ1v) is 38.3. The lowest BCUT2D eigenvalue weighted by Crippen LogP contribution is -2.70. The number of hydrogen-bond donors (Lipinski definition) is 12. The lowest BCUT2D eigenvalue weighted by Gasteiger charge is -2.62. The summed E-state index contributed by atoms with van der Waals surface area (Å²) < 4.78 is 53.4. The van der Waals surface area contributed by atoms with Gasteiger partial charge in [0, 0.05) is 79.7 Å². The molecule has 109 heavy (non-hydrogen) atoms. The number of primary amides is 1. The topological polar surface area (TPSA) is 491 Å². The molecule has 2 aromatic carbocycles. The monoisotopic (exact) mass is 1550 g/mol. The zero-order chi connectivity index (χ0) is 80.2. The van der Waals surface area contributed by atoms with Gasteiger partial charge in [-0.05, 0) is 124 Å². The van der Waals surface area contributed by atoms with Crippen LogP contribution in [0.25, 0.3) is 10.9 Å². The van der Waals surface area contributed by atoms with Crippen molar-refractivity contribution in [3.05, 3.63) is 89.7 Å². The number of alkyl halides is 1. The van der Waals surface area contributed by atoms with Gasteiger partial charge >= 0.3 is 0 Å². The SMILES string of the molecule is CC(C)CN(CC(=O)NCC(=O)N[C@H](CO)C(N)=O)C(=O)CN(CCO)C(=O)CN(CCc1ccc(S(N)(=O)=O)cc1)C(=O)CN(CCO)C(=O)CN(CCc1c[nH]c2ccccc12)C(=O)CN(CCCCN)C(=O)COCCOCCNC(=O)[C@@]1(O)[C@H](C)C[C@H]2[C@@H]3CCC4=CC(=O)C=C[C@]4(C)[C@@]3(F)[C@@H](O)C[C@@]21C. The Morgan fingerprint density at radius 2 is 1.30 bits per heavy atom. The Morgan fingerprint density at radius 3 is 1.88 bits per heavy atom. The summed E-state index contributed by atoms with van der Waals surface area (Å²) in [6.07, 6.45) is 6.45. The van der Waals surface area contributed by atoms with Gasteiger partial charge in [-0.2, -0.15) is 0 Å². The second-order valence-corrected chi connectivity index (χ2v) is 30.9. The Kier molecular flexibility index (Phi) is 31.6. The Bertz CT molecular complexity index is 3920. The number of halogens is 1. The number of ketones is 1. The number of carbonyl (C=O) groups is 11. The fourth-order valence-corrected chi connectivity index (χ4v) is 16.1. The molecule has 15 N–H and O–H groups in total. The minimum absolute atomic E-state index is 0.0237. The number of aromatic amines is 1. The number of carbonyl (C=O) groups excluding carboxylic acids is 11. The van der Waals surface area contributed by atoms with Gasteiger partial charge in [0.2, 0.25) is 63.2 Å². The molecule has 4 aliphatic rings. The van der Waals surface area contributed by atoms with Gasteiger partial charge in [-0.1, -0.05) is 69.7 Å². The van der Waals surface area contributed by atoms with Crippen LogP contribution in [0.5, 0.6) is 0 Å². The number of allylic oxidation sites excluding steroid dienone is 4. The molecule has 35 heteroatoms. The number of nitrogens with two attached hydrogens (primary N) is 3. The second kappa shape index (κ2) is 39.3. The molecule has 3 saturated carbocycles. The fraction of sp³-hybridized carbons (Fsp3) is 0.608. The molecule has 4 aliphatic carbocycles. The molecule has 1 aromatic heterocycles. The van der Waals surface area contributed by atoms with Crippen LogP contribution in [0, 0.1) is 34.5 Å². The summed E-state index contributed by atoms with van der Waals surface area (Å²) in [6, 6.07) is 11.3. The number of amides is 10. The van der Waals surface area contributed by atoms with Crippen LogP contribution < -0.4 is 32.6 Å². The molecular formula is C74H108FN13O20S. The van der Waals surface area contributed by atoms with E-state index in [0.717, 1.165) is 36.1 Å². The molecule has 602 valence electrons. The van der Waals surface area contributed by atoms with E-state index in [0.29, 0.717) is 43.2 Å². The van der Waals surface area contributed by atoms with E-state index >= 15 is 4.39 Å². The van der Waals surface area contributed by atoms with Crippen LogP contribution in [0.1, 0.15) is 84.3 Å². The smallest absolute Gasteiger partial charge is 0.252 e. The number of sulfonamides is 1. The maximum absolute atomic E-state index is 17.7. The average molecular weight is 1550 g/mol. The third-order valence-electron chi connectivity index (χ3n) is 21.5. The number of primary sulfonamides is 1. The van der Waals surface area contributed by atoms with Gasteiger partial charge in [0.15, 0.2) is 17.1 Å². The number of hydrogen-bond acceptors (Lipinski definition) is 21. The van der Waals surface area contributed by atoms with Gasteiger partial charge in [0.25, 0.3) is 5.91 Å². The normalized spacial score (nSPS) is 22.3. The quantitative estimate of drug-likeness (QED) is 0.0261. The highest BCUT2D eigenvalue weighted by molar-refractivity contribution is 7.89. The molecule has 0 spiro atoms. The molecule has 3 fully saturated rings. The minimum Gasteiger partial charge on any atom is -0.395 e. The van der Waals surface area contributed by atoms with Gasteiger partial charge in [-0.3, -0.25) is 52.7 Å². The van der Waals surface area contributed by atoms with Crippen molar-refractivity contribution < 1.29 is 101 Å². The molecule has 7 rings (SSSR count). The Hall–Kier alpha value is -8.65. The largest absolute Gasteiger partial charge is 0.395 e. The molecule has 33 nitrogen and oxygen atoms in total. The van der Waals surface area contributed by atoms with Gasteiger partial charge < -0.3 is 96.8 Å². The molecular weight excluding hydrogens is 1440 g/mol. The lowest BCUT2D eigenvalue weighted by atomic mass is 9.44. The molecule has 1 heterocycles. The van der Waals surface area contributed by atoms with E-state index in [1.165, 1.54) is 46.2 Å². The number of benzene rings is 2. The third kappa shape index (κ3) is 21.7. The number of ether oxygens (including phenoxy) is 2. The van der Waals surface area contributed by atoms with Crippen LogP contribution in [0.4, 0.5) is 4.39 Å². The molecule has 0 bridgehead atoms. The summed E-state index contributed by atoms with van der Waals surface area (Å²) in [5, 5.41) is 67.5. The summed E-state index contributed by atoms with van der Waals surface area (Å²) in [4.78, 5) is 160. The van der Waals surface area contributed by atoms with Crippen LogP contribution in [-0.4, -0.2) is 301 Å². The summed E-state index contributed by atoms with van der Waals surface area (Å²) in [7, 11) is -4.11. The number of aromatic nitrogens is 1. The highest BCUT2D eigenvalue weighted by atomic mass is 32.2. The number of nitrogens with zero attached hydrogens (tertiary/aromatic N) is 6. The van der Waals surface area contributed by atoms with Crippen molar-refractivity contribution in [2.45, 2.75) is 114 Å². The Balaban J connectivity index is 1.00. The summed E-state index contributed by atoms with van der Waals surface area (Å²) in [6.45, 7) is -0.0586. The van der Waals surface area contributed by atoms with Crippen LogP contribution in [0.15, 0.2) is 83.4 Å². The lowest BCUT2D eigenvalue weighted by molar-refractivity contribution is -0.219. The van der Waals surface area contributed by atoms with Crippen molar-refractivity contribution >= 4 is 85.8 Å². The van der Waals surface area contributed by atoms with E-state index in [1.54, 1.807) is 46.9 Å². The van der Waals surface area contributed by atoms with E-state index in [9.17, 15) is 86.7 Å². The van der Waals surface area contributed by atoms with Crippen LogP contribution in [-0.2, 0) is 85.1 Å². The molecule has 3 aromatic rings. The number of H-pyrrole nitrogens is 1. The zero-order valence-corrected chi connectivity index (χ0v) is 63.5. The van der Waals surface area contributed by atoms with Crippen molar-refractivity contribution in [2.75, 3.05) is 144 Å². The maximum atomic E-state index is 17.7. The highest BCUT2D eigenvalue weighted by Crippen LogP contribution is 2.70. The predicted octanol–water partition coefficient (Wildman–Crippen LogP) is -2.47. The number of aliphatic hydroxyl groups excluding tert-OH is 4. The average Bonchev–Trinajstić information content (AvgIpc) is 1.68. The molecule has 0 unspecified atom stereocenters. The van der Waals surface area contributed by atoms with Gasteiger partial charge in [0.1, 0.15) is 12.6 Å². The zero-order valence-electron chi connectivity index (χ0n) is 62.7. The van der Waals surface area contributed by atoms with E-state index in [4.69, 9.17) is 26.1 Å². The Morgan fingerprint density at radius 1 is 0.725 bits per heavy atom. The standard InChI is InChI=1S/C74H108FN13O20S/c1-48(2)39-88(40-62(95)81-38-61(94)82-59(46-91)69(77)102)67(100)45-87(28-30-90)65(98)42-84(25-19-50-12-15-54(16-13-50)109(78,105)106)64(97)44-86(27-29-89)66(99)43-85(26-20-51-37-80-58-11-7-6-10-55(51)58)63(96)41-83(24-9-8-22-76)68(101)47-108-33-32-107-31-23-79-70(103)74(104)49(3)34-57-56-17-14-52-35-53(92)18-21-71(52,4)73(56,75)60(93)36-72(57,74)5/h6-7,10-13,15-16,18,21,35,37,48-49,56-57,59-60,80,89-91,93,104H,8-9,14,17,19-20,22-34,36,38-47,76H2,1-5H3,(H2,77,102)(H,79,103)(H,81,95)(H,82,94)(H2,78,105,106)/t49-,56+,57+,59-,60+,71+,72+,73+,74+/m1/s1. The fourth-order valence-electron chi connectivity index (χ4n) is 15.6. The second-order valence-electron chi connectivity index (χ2n) is 29.3. The van der Waals surface area contributed by atoms with Gasteiger partial charge in [-0.25, -0.2) is 17.9 Å². The molecule has 0 saturated heterocycles. The van der Waals surface area contributed by atoms with Crippen molar-refractivity contribution in [3.63, 3.8) is 0 Å². The first kappa shape index (κ1) is 87.6. The predicted molar refractivity (Wildman–Crippen MR) is 394 cm³/mol. The molecule has 9 atom stereocenters. The number of nitrogens with one attached hydrogen (secondary N) is 4. The van der Waals surface area contributed by atoms with Crippen LogP contribution in [0.3, 0.4) is 0 Å². The van der Waals surface area contributed by atoms with Gasteiger partial charge in [0.05, 0.1) is 96.5 Å². The summed E-state index contributed by atoms with van der Waals surface area (Å²) >= 11 is 0. The first-order chi connectivity index (χ1) is 51.6. The van der Waals surface area contributed by atoms with Crippen molar-refractivity contribution in [1.82, 2.24) is 50.3 Å². The number of unbranched alkanes of at least 4 members (excludes halogenated alkanes) is 1. The Labute approximate surface area is 633 Å². The van der Waals surface area contributed by atoms with E-state index < -0.39 is 206 Å². The third-order valence-corrected chi connectivity index (χ3v) is 22.5. The summed E-state index contributed by atoms with van der Waals surface area (Å²) in [5.41, 5.74) is 7.12. The minimum atomic E-state index is -4.11. The van der Waals surface area contributed by atoms with Crippen molar-refractivity contribution in [3.8, 4) is 0 Å². The van der Waals surface area contributed by atoms with Crippen molar-refractivity contribution in [2.24, 2.45) is 51.1 Å². The molecule has 0 aliphatic heterocycles. The highest BCUT2D eigenvalue weighted by Gasteiger charge is 2.76. The summed E-state index contributed by atoms with van der Waals surface area (Å²) in [5.74, 6) is -10.3. The van der Waals surface area contributed by atoms with E-state index in [2.05, 4.69) is 20.9 Å². The number of para-hydroxylation sites is 1. The van der Waals surface area contributed by atoms with E-state index in [1.807, 2.05) is 24.3 Å². The van der Waals surface area contributed by atoms with Gasteiger partial charge in [-0.15, -0.1) is 0 Å². The van der Waals surface area contributed by atoms with E-state index in [-0.39, 0.29) is 94.9 Å². The number of rotatable bonds is 43. The number of fused-ring (bicyclic) bond motifs is 6. The molecule has 10 amide bonds. The molecule has 0 radical (unpaired) electrons. The van der Waals surface area contributed by atoms with Crippen molar-refractivity contribution in [1.29, 1.82) is 0 Å². The van der Waals surface area contributed by atoms with Crippen LogP contribution >= 0.6 is 0 Å². The van der Waals surface area contributed by atoms with Crippen LogP contribution in [0.2, 0.25) is 0 Å².